The number of aromatic carboxylic acids is 1. The van der Waals surface area contributed by atoms with Crippen molar-refractivity contribution >= 4 is 17.5 Å². The van der Waals surface area contributed by atoms with Gasteiger partial charge in [-0.1, -0.05) is 0 Å². The van der Waals surface area contributed by atoms with Crippen LogP contribution in [0.1, 0.15) is 30.1 Å². The summed E-state index contributed by atoms with van der Waals surface area (Å²) in [5.41, 5.74) is 5.14. The molecule has 1 aromatic heterocycles. The van der Waals surface area contributed by atoms with E-state index in [-0.39, 0.29) is 5.56 Å². The average Bonchev–Trinajstić information content (AvgIpc) is 2.27. The number of aliphatic hydroxyl groups is 1. The molecule has 2 heterocycles. The Morgan fingerprint density at radius 1 is 1.61 bits per heavy atom. The zero-order chi connectivity index (χ0) is 13.3. The zero-order valence-electron chi connectivity index (χ0n) is 10.3. The number of rotatable bonds is 2. The zero-order valence-corrected chi connectivity index (χ0v) is 10.3. The van der Waals surface area contributed by atoms with E-state index in [9.17, 15) is 9.90 Å². The van der Waals surface area contributed by atoms with E-state index in [0.717, 1.165) is 6.42 Å². The number of β-amino-alcohol motifs (C(OH)–C–C–N with tert-alkyl or cyclic N) is 1. The topological polar surface area (TPSA) is 99.7 Å². The molecule has 1 saturated heterocycles. The second-order valence-corrected chi connectivity index (χ2v) is 4.97. The Hall–Kier alpha value is -1.82. The molecule has 0 radical (unpaired) electrons. The Morgan fingerprint density at radius 3 is 2.94 bits per heavy atom. The molecule has 6 heteroatoms. The first-order chi connectivity index (χ1) is 8.39. The first kappa shape index (κ1) is 12.6. The number of nitrogens with two attached hydrogens (primary N) is 1. The minimum Gasteiger partial charge on any atom is -0.478 e. The predicted octanol–water partition coefficient (Wildman–Crippen LogP) is 0.713. The van der Waals surface area contributed by atoms with Gasteiger partial charge in [-0.3, -0.25) is 0 Å². The Morgan fingerprint density at radius 2 is 2.33 bits per heavy atom. The number of nitrogen functional groups attached to an aromatic ring is 1. The van der Waals surface area contributed by atoms with E-state index in [1.165, 1.54) is 12.3 Å². The van der Waals surface area contributed by atoms with Crippen molar-refractivity contribution in [3.63, 3.8) is 0 Å². The van der Waals surface area contributed by atoms with Crippen LogP contribution in [-0.4, -0.2) is 39.9 Å². The van der Waals surface area contributed by atoms with Crippen molar-refractivity contribution in [3.8, 4) is 0 Å². The number of carbonyl (C=O) groups is 1. The summed E-state index contributed by atoms with van der Waals surface area (Å²) < 4.78 is 0. The van der Waals surface area contributed by atoms with E-state index in [1.807, 2.05) is 0 Å². The van der Waals surface area contributed by atoms with Gasteiger partial charge in [0.2, 0.25) is 0 Å². The fourth-order valence-electron chi connectivity index (χ4n) is 2.28. The monoisotopic (exact) mass is 251 g/mol. The summed E-state index contributed by atoms with van der Waals surface area (Å²) in [6.07, 6.45) is 2.95. The van der Waals surface area contributed by atoms with Crippen LogP contribution >= 0.6 is 0 Å². The highest BCUT2D eigenvalue weighted by atomic mass is 16.4. The molecule has 1 fully saturated rings. The van der Waals surface area contributed by atoms with Gasteiger partial charge >= 0.3 is 5.97 Å². The van der Waals surface area contributed by atoms with Crippen molar-refractivity contribution in [2.24, 2.45) is 0 Å². The first-order valence-electron chi connectivity index (χ1n) is 5.85. The number of hydrogen-bond donors (Lipinski definition) is 3. The summed E-state index contributed by atoms with van der Waals surface area (Å²) in [5, 5.41) is 19.2. The Kier molecular flexibility index (Phi) is 3.13. The van der Waals surface area contributed by atoms with E-state index < -0.39 is 11.6 Å². The van der Waals surface area contributed by atoms with E-state index in [1.54, 1.807) is 11.8 Å². The number of piperidine rings is 1. The van der Waals surface area contributed by atoms with Crippen LogP contribution in [0.5, 0.6) is 0 Å². The lowest BCUT2D eigenvalue weighted by Gasteiger charge is -2.38. The SMILES string of the molecule is CC1(O)CCCN(c2ncc(N)cc2C(=O)O)C1. The molecule has 0 saturated carbocycles. The molecule has 1 aliphatic rings. The van der Waals surface area contributed by atoms with Gasteiger partial charge in [0, 0.05) is 13.1 Å². The summed E-state index contributed by atoms with van der Waals surface area (Å²) in [4.78, 5) is 17.1. The summed E-state index contributed by atoms with van der Waals surface area (Å²) in [5.74, 6) is -0.688. The molecule has 0 bridgehead atoms. The fraction of sp³-hybridized carbons (Fsp3) is 0.500. The summed E-state index contributed by atoms with van der Waals surface area (Å²) in [6.45, 7) is 2.81. The van der Waals surface area contributed by atoms with Crippen molar-refractivity contribution in [1.29, 1.82) is 0 Å². The highest BCUT2D eigenvalue weighted by Crippen LogP contribution is 2.27. The van der Waals surface area contributed by atoms with Crippen molar-refractivity contribution < 1.29 is 15.0 Å². The summed E-state index contributed by atoms with van der Waals surface area (Å²) in [6, 6.07) is 1.40. The number of carboxylic acids is 1. The first-order valence-corrected chi connectivity index (χ1v) is 5.85. The van der Waals surface area contributed by atoms with Crippen LogP contribution < -0.4 is 10.6 Å². The number of nitrogens with zero attached hydrogens (tertiary/aromatic N) is 2. The van der Waals surface area contributed by atoms with Crippen molar-refractivity contribution in [2.75, 3.05) is 23.7 Å². The highest BCUT2D eigenvalue weighted by molar-refractivity contribution is 5.94. The maximum atomic E-state index is 11.2. The normalized spacial score (nSPS) is 24.0. The predicted molar refractivity (Wildman–Crippen MR) is 67.7 cm³/mol. The van der Waals surface area contributed by atoms with E-state index >= 15 is 0 Å². The van der Waals surface area contributed by atoms with Crippen LogP contribution in [0.25, 0.3) is 0 Å². The van der Waals surface area contributed by atoms with Crippen LogP contribution in [0.4, 0.5) is 11.5 Å². The minimum atomic E-state index is -1.06. The molecular weight excluding hydrogens is 234 g/mol. The lowest BCUT2D eigenvalue weighted by molar-refractivity contribution is 0.0444. The van der Waals surface area contributed by atoms with Crippen molar-refractivity contribution in [1.82, 2.24) is 4.98 Å². The van der Waals surface area contributed by atoms with Crippen LogP contribution in [0.15, 0.2) is 12.3 Å². The average molecular weight is 251 g/mol. The van der Waals surface area contributed by atoms with Gasteiger partial charge in [-0.2, -0.15) is 0 Å². The molecule has 0 spiro atoms. The molecule has 1 atom stereocenters. The molecule has 0 amide bonds. The van der Waals surface area contributed by atoms with E-state index in [4.69, 9.17) is 10.8 Å². The molecule has 2 rings (SSSR count). The summed E-state index contributed by atoms with van der Waals surface area (Å²) >= 11 is 0. The second kappa shape index (κ2) is 4.45. The van der Waals surface area contributed by atoms with Gasteiger partial charge in [0.25, 0.3) is 0 Å². The van der Waals surface area contributed by atoms with E-state index in [2.05, 4.69) is 4.98 Å². The largest absolute Gasteiger partial charge is 0.478 e. The van der Waals surface area contributed by atoms with Gasteiger partial charge in [0.05, 0.1) is 17.5 Å². The van der Waals surface area contributed by atoms with Gasteiger partial charge < -0.3 is 20.8 Å². The third kappa shape index (κ3) is 2.53. The highest BCUT2D eigenvalue weighted by Gasteiger charge is 2.30. The Labute approximate surface area is 105 Å². The standard InChI is InChI=1S/C12H17N3O3/c1-12(18)3-2-4-15(7-12)10-9(11(16)17)5-8(13)6-14-10/h5-6,18H,2-4,7,13H2,1H3,(H,16,17). The number of pyridine rings is 1. The van der Waals surface area contributed by atoms with Gasteiger partial charge in [-0.25, -0.2) is 9.78 Å². The van der Waals surface area contributed by atoms with Crippen LogP contribution in [0.3, 0.4) is 0 Å². The quantitative estimate of drug-likeness (QED) is 0.716. The molecule has 18 heavy (non-hydrogen) atoms. The lowest BCUT2D eigenvalue weighted by Crippen LogP contribution is -2.47. The smallest absolute Gasteiger partial charge is 0.339 e. The third-order valence-corrected chi connectivity index (χ3v) is 3.09. The molecule has 6 nitrogen and oxygen atoms in total. The van der Waals surface area contributed by atoms with Crippen molar-refractivity contribution in [2.45, 2.75) is 25.4 Å². The molecule has 1 aromatic rings. The maximum absolute atomic E-state index is 11.2. The number of anilines is 2. The number of hydrogen-bond acceptors (Lipinski definition) is 5. The second-order valence-electron chi connectivity index (χ2n) is 4.97. The Bertz CT molecular complexity index is 474. The third-order valence-electron chi connectivity index (χ3n) is 3.09. The van der Waals surface area contributed by atoms with Crippen LogP contribution in [-0.2, 0) is 0 Å². The minimum absolute atomic E-state index is 0.0766. The van der Waals surface area contributed by atoms with Crippen LogP contribution in [0, 0.1) is 0 Å². The van der Waals surface area contributed by atoms with Gasteiger partial charge in [-0.05, 0) is 25.8 Å². The molecule has 0 aliphatic carbocycles. The lowest BCUT2D eigenvalue weighted by atomic mass is 9.95. The number of aromatic nitrogens is 1. The maximum Gasteiger partial charge on any atom is 0.339 e. The van der Waals surface area contributed by atoms with Crippen LogP contribution in [0.2, 0.25) is 0 Å². The van der Waals surface area contributed by atoms with Gasteiger partial charge in [0.15, 0.2) is 0 Å². The van der Waals surface area contributed by atoms with E-state index in [0.29, 0.717) is 31.0 Å². The summed E-state index contributed by atoms with van der Waals surface area (Å²) in [7, 11) is 0. The number of carboxylic acid groups (broad SMARTS) is 1. The molecule has 98 valence electrons. The fourth-order valence-corrected chi connectivity index (χ4v) is 2.28. The molecule has 1 unspecified atom stereocenters. The molecule has 0 aromatic carbocycles. The molecule has 4 N–H and O–H groups in total. The Balaban J connectivity index is 2.35. The molecular formula is C12H17N3O3. The molecule has 1 aliphatic heterocycles. The van der Waals surface area contributed by atoms with Gasteiger partial charge in [0.1, 0.15) is 11.4 Å². The van der Waals surface area contributed by atoms with Crippen molar-refractivity contribution in [3.05, 3.63) is 17.8 Å². The van der Waals surface area contributed by atoms with Gasteiger partial charge in [-0.15, -0.1) is 0 Å².